The first-order valence-corrected chi connectivity index (χ1v) is 12.9. The van der Waals surface area contributed by atoms with Crippen molar-refractivity contribution in [3.8, 4) is 22.1 Å². The Morgan fingerprint density at radius 3 is 2.53 bits per heavy atom. The Kier molecular flexibility index (Phi) is 6.84. The highest BCUT2D eigenvalue weighted by molar-refractivity contribution is 7.17. The molecule has 9 heteroatoms. The van der Waals surface area contributed by atoms with Crippen LogP contribution in [-0.4, -0.2) is 25.1 Å². The lowest BCUT2D eigenvalue weighted by Gasteiger charge is -2.07. The van der Waals surface area contributed by atoms with Crippen LogP contribution in [0.2, 0.25) is 0 Å². The van der Waals surface area contributed by atoms with E-state index in [1.807, 2.05) is 23.6 Å². The second kappa shape index (κ2) is 10.3. The predicted molar refractivity (Wildman–Crippen MR) is 144 cm³/mol. The molecule has 0 bridgehead atoms. The summed E-state index contributed by atoms with van der Waals surface area (Å²) in [7, 11) is 3.20. The van der Waals surface area contributed by atoms with Crippen molar-refractivity contribution >= 4 is 50.4 Å². The molecule has 36 heavy (non-hydrogen) atoms. The van der Waals surface area contributed by atoms with E-state index in [9.17, 15) is 4.79 Å². The van der Waals surface area contributed by atoms with Gasteiger partial charge in [-0.15, -0.1) is 22.7 Å². The van der Waals surface area contributed by atoms with Gasteiger partial charge in [0.2, 0.25) is 5.55 Å². The van der Waals surface area contributed by atoms with Crippen molar-refractivity contribution in [3.63, 3.8) is 0 Å². The number of thiophene rings is 1. The molecule has 0 aliphatic heterocycles. The quantitative estimate of drug-likeness (QED) is 0.260. The average Bonchev–Trinajstić information content (AvgIpc) is 3.58. The van der Waals surface area contributed by atoms with Gasteiger partial charge in [-0.25, -0.2) is 9.98 Å². The van der Waals surface area contributed by atoms with Crippen molar-refractivity contribution in [2.45, 2.75) is 13.3 Å². The number of aromatic nitrogens is 1. The number of benzene rings is 2. The second-order valence-corrected chi connectivity index (χ2v) is 9.79. The molecule has 0 saturated carbocycles. The first kappa shape index (κ1) is 23.8. The molecule has 0 atom stereocenters. The monoisotopic (exact) mass is 517 g/mol. The minimum atomic E-state index is -0.357. The summed E-state index contributed by atoms with van der Waals surface area (Å²) in [5.41, 5.74) is 2.61. The lowest BCUT2D eigenvalue weighted by molar-refractivity contribution is 0.102. The summed E-state index contributed by atoms with van der Waals surface area (Å²) in [5, 5.41) is 6.22. The molecule has 5 aromatic rings. The molecule has 5 rings (SSSR count). The zero-order valence-electron chi connectivity index (χ0n) is 19.9. The fraction of sp³-hybridized carbons (Fsp3) is 0.148. The summed E-state index contributed by atoms with van der Waals surface area (Å²) >= 11 is 3.10. The summed E-state index contributed by atoms with van der Waals surface area (Å²) in [6.07, 6.45) is 0.823. The van der Waals surface area contributed by atoms with E-state index in [0.717, 1.165) is 27.3 Å². The van der Waals surface area contributed by atoms with Crippen LogP contribution in [0.15, 0.2) is 75.5 Å². The molecule has 1 N–H and O–H groups in total. The van der Waals surface area contributed by atoms with Gasteiger partial charge in [0, 0.05) is 10.3 Å². The van der Waals surface area contributed by atoms with E-state index in [-0.39, 0.29) is 17.0 Å². The molecule has 0 unspecified atom stereocenters. The van der Waals surface area contributed by atoms with E-state index in [1.165, 1.54) is 11.3 Å². The number of amides is 1. The molecule has 3 aromatic heterocycles. The number of carbonyl (C=O) groups excluding carboxylic acids is 1. The molecule has 0 aliphatic carbocycles. The summed E-state index contributed by atoms with van der Waals surface area (Å²) in [6, 6.07) is 18.4. The van der Waals surface area contributed by atoms with Crippen LogP contribution in [0.25, 0.3) is 21.5 Å². The van der Waals surface area contributed by atoms with E-state index in [2.05, 4.69) is 17.2 Å². The van der Waals surface area contributed by atoms with Crippen LogP contribution in [0.4, 0.5) is 10.8 Å². The second-order valence-electron chi connectivity index (χ2n) is 7.75. The molecule has 0 spiro atoms. The largest absolute Gasteiger partial charge is 0.497 e. The van der Waals surface area contributed by atoms with Gasteiger partial charge in [0.15, 0.2) is 5.13 Å². The van der Waals surface area contributed by atoms with Gasteiger partial charge in [-0.3, -0.25) is 10.1 Å². The van der Waals surface area contributed by atoms with Crippen LogP contribution in [0.5, 0.6) is 11.5 Å². The van der Waals surface area contributed by atoms with Crippen molar-refractivity contribution in [2.24, 2.45) is 4.99 Å². The Hall–Kier alpha value is -3.95. The number of fused-ring (bicyclic) bond motifs is 1. The number of aryl methyl sites for hydroxylation is 1. The highest BCUT2D eigenvalue weighted by Crippen LogP contribution is 2.34. The normalized spacial score (nSPS) is 11.6. The Labute approximate surface area is 215 Å². The Bertz CT molecular complexity index is 1590. The van der Waals surface area contributed by atoms with Crippen molar-refractivity contribution < 1.29 is 18.7 Å². The van der Waals surface area contributed by atoms with Crippen LogP contribution >= 0.6 is 22.7 Å². The lowest BCUT2D eigenvalue weighted by Crippen LogP contribution is -2.21. The topological polar surface area (TPSA) is 86.0 Å². The number of ether oxygens (including phenoxy) is 2. The Balaban J connectivity index is 1.57. The third-order valence-electron chi connectivity index (χ3n) is 5.50. The fourth-order valence-electron chi connectivity index (χ4n) is 3.67. The average molecular weight is 518 g/mol. The summed E-state index contributed by atoms with van der Waals surface area (Å²) in [4.78, 5) is 25.0. The number of thiazole rings is 1. The maximum atomic E-state index is 13.5. The molecule has 3 heterocycles. The van der Waals surface area contributed by atoms with Crippen molar-refractivity contribution in [3.05, 3.63) is 82.0 Å². The van der Waals surface area contributed by atoms with Crippen LogP contribution in [0.3, 0.4) is 0 Å². The summed E-state index contributed by atoms with van der Waals surface area (Å²) in [5.74, 6) is 1.02. The number of rotatable bonds is 7. The highest BCUT2D eigenvalue weighted by atomic mass is 32.1. The van der Waals surface area contributed by atoms with Crippen LogP contribution in [-0.2, 0) is 6.42 Å². The van der Waals surface area contributed by atoms with Crippen molar-refractivity contribution in [2.75, 3.05) is 19.5 Å². The van der Waals surface area contributed by atoms with Gasteiger partial charge in [0.25, 0.3) is 5.91 Å². The van der Waals surface area contributed by atoms with E-state index >= 15 is 0 Å². The number of nitrogens with zero attached hydrogens (tertiary/aromatic N) is 2. The van der Waals surface area contributed by atoms with E-state index in [1.54, 1.807) is 68.0 Å². The van der Waals surface area contributed by atoms with Crippen LogP contribution < -0.4 is 20.3 Å². The molecule has 0 saturated heterocycles. The van der Waals surface area contributed by atoms with E-state index in [4.69, 9.17) is 18.9 Å². The summed E-state index contributed by atoms with van der Waals surface area (Å²) in [6.45, 7) is 2.08. The fourth-order valence-corrected chi connectivity index (χ4v) is 5.39. The zero-order chi connectivity index (χ0) is 25.1. The smallest absolute Gasteiger partial charge is 0.262 e. The predicted octanol–water partition coefficient (Wildman–Crippen LogP) is 6.68. The molecule has 182 valence electrons. The number of nitrogens with one attached hydrogen (secondary N) is 1. The van der Waals surface area contributed by atoms with Gasteiger partial charge in [-0.05, 0) is 66.4 Å². The summed E-state index contributed by atoms with van der Waals surface area (Å²) < 4.78 is 16.7. The molecule has 1 amide bonds. The van der Waals surface area contributed by atoms with Crippen molar-refractivity contribution in [1.29, 1.82) is 0 Å². The molecule has 0 fully saturated rings. The third-order valence-corrected chi connectivity index (χ3v) is 7.49. The third kappa shape index (κ3) is 4.89. The maximum Gasteiger partial charge on any atom is 0.262 e. The molecular formula is C27H23N3O4S2. The Morgan fingerprint density at radius 2 is 1.83 bits per heavy atom. The van der Waals surface area contributed by atoms with Gasteiger partial charge in [0.05, 0.1) is 30.5 Å². The van der Waals surface area contributed by atoms with Crippen LogP contribution in [0.1, 0.15) is 22.2 Å². The minimum Gasteiger partial charge on any atom is -0.497 e. The maximum absolute atomic E-state index is 13.5. The highest BCUT2D eigenvalue weighted by Gasteiger charge is 2.18. The lowest BCUT2D eigenvalue weighted by atomic mass is 10.1. The minimum absolute atomic E-state index is 0.195. The van der Waals surface area contributed by atoms with Gasteiger partial charge in [-0.2, -0.15) is 0 Å². The molecule has 0 aliphatic rings. The van der Waals surface area contributed by atoms with E-state index < -0.39 is 0 Å². The van der Waals surface area contributed by atoms with E-state index in [0.29, 0.717) is 27.9 Å². The Morgan fingerprint density at radius 1 is 1.06 bits per heavy atom. The molecular weight excluding hydrogens is 494 g/mol. The van der Waals surface area contributed by atoms with Gasteiger partial charge in [0.1, 0.15) is 22.6 Å². The number of methoxy groups -OCH3 is 2. The van der Waals surface area contributed by atoms with Crippen LogP contribution in [0, 0.1) is 0 Å². The van der Waals surface area contributed by atoms with Gasteiger partial charge in [-0.1, -0.05) is 13.0 Å². The zero-order valence-corrected chi connectivity index (χ0v) is 21.5. The van der Waals surface area contributed by atoms with Crippen molar-refractivity contribution in [1.82, 2.24) is 4.98 Å². The van der Waals surface area contributed by atoms with Gasteiger partial charge < -0.3 is 13.9 Å². The number of hydrogen-bond acceptors (Lipinski definition) is 8. The first-order chi connectivity index (χ1) is 17.6. The first-order valence-electron chi connectivity index (χ1n) is 11.2. The molecule has 2 aromatic carbocycles. The number of anilines is 1. The standard InChI is InChI=1S/C27H23N3O4S2/c1-4-22-24(23-6-5-13-35-23)29-27(36-22)30-25(31)20-15-16-14-19(33-3)11-12-21(16)34-26(20)28-17-7-9-18(32-2)10-8-17/h5-15H,4H2,1-3H3,(H,29,30,31). The molecule has 0 radical (unpaired) electrons. The van der Waals surface area contributed by atoms with Gasteiger partial charge >= 0.3 is 0 Å². The number of hydrogen-bond donors (Lipinski definition) is 1. The number of carbonyl (C=O) groups is 1. The molecule has 7 nitrogen and oxygen atoms in total. The SMILES string of the molecule is CCc1sc(NC(=O)c2cc3cc(OC)ccc3oc2=Nc2ccc(OC)cc2)nc1-c1cccs1.